The number of hydrogen-bond donors (Lipinski definition) is 2. The fraction of sp³-hybridized carbons (Fsp3) is 0.308. The van der Waals surface area contributed by atoms with E-state index < -0.39 is 0 Å². The fourth-order valence-corrected chi connectivity index (χ4v) is 3.90. The van der Waals surface area contributed by atoms with E-state index in [4.69, 9.17) is 9.47 Å². The Morgan fingerprint density at radius 3 is 2.78 bits per heavy atom. The fourth-order valence-electron chi connectivity index (χ4n) is 3.50. The number of nitrogens with zero attached hydrogens (tertiary/aromatic N) is 3. The first kappa shape index (κ1) is 27.1. The second-order valence-electron chi connectivity index (χ2n) is 8.00. The van der Waals surface area contributed by atoms with Gasteiger partial charge in [-0.15, -0.1) is 0 Å². The summed E-state index contributed by atoms with van der Waals surface area (Å²) in [4.78, 5) is 34.7. The molecule has 0 fully saturated rings. The molecule has 0 unspecified atom stereocenters. The Hall–Kier alpha value is -3.50. The van der Waals surface area contributed by atoms with Gasteiger partial charge in [-0.2, -0.15) is 0 Å². The number of benzene rings is 2. The molecule has 3 rings (SSSR count). The molecule has 0 saturated carbocycles. The van der Waals surface area contributed by atoms with E-state index >= 15 is 0 Å². The van der Waals surface area contributed by atoms with Gasteiger partial charge in [0.05, 0.1) is 31.5 Å². The highest BCUT2D eigenvalue weighted by molar-refractivity contribution is 9.10. The van der Waals surface area contributed by atoms with Crippen LogP contribution in [0.4, 0.5) is 17.2 Å². The lowest BCUT2D eigenvalue weighted by Crippen LogP contribution is -2.28. The zero-order valence-electron chi connectivity index (χ0n) is 20.6. The lowest BCUT2D eigenvalue weighted by atomic mass is 10.1. The van der Waals surface area contributed by atoms with E-state index in [0.29, 0.717) is 35.8 Å². The molecule has 2 aromatic carbocycles. The zero-order valence-corrected chi connectivity index (χ0v) is 22.2. The number of aromatic nitrogens is 2. The minimum Gasteiger partial charge on any atom is -0.494 e. The third-order valence-electron chi connectivity index (χ3n) is 5.19. The summed E-state index contributed by atoms with van der Waals surface area (Å²) >= 11 is 3.47. The summed E-state index contributed by atoms with van der Waals surface area (Å²) < 4.78 is 11.4. The number of rotatable bonds is 12. The maximum atomic E-state index is 12.6. The number of anilines is 3. The SMILES string of the molecule is CCOC(=O)CN(C)CCC/C=C/C(=O)Nc1cc2c(Nc3cccc(Br)c3)ncnc2cc1OC. The van der Waals surface area contributed by atoms with Gasteiger partial charge in [0.2, 0.25) is 5.91 Å². The Morgan fingerprint density at radius 2 is 2.03 bits per heavy atom. The van der Waals surface area contributed by atoms with E-state index in [2.05, 4.69) is 36.5 Å². The number of hydrogen-bond acceptors (Lipinski definition) is 8. The highest BCUT2D eigenvalue weighted by Gasteiger charge is 2.12. The summed E-state index contributed by atoms with van der Waals surface area (Å²) in [7, 11) is 3.41. The molecule has 0 atom stereocenters. The topological polar surface area (TPSA) is 106 Å². The van der Waals surface area contributed by atoms with Crippen LogP contribution in [0.1, 0.15) is 19.8 Å². The number of nitrogens with one attached hydrogen (secondary N) is 2. The number of unbranched alkanes of at least 4 members (excludes halogenated alkanes) is 1. The summed E-state index contributed by atoms with van der Waals surface area (Å²) in [6.45, 7) is 3.13. The van der Waals surface area contributed by atoms with Gasteiger partial charge in [-0.05, 0) is 63.7 Å². The monoisotopic (exact) mass is 555 g/mol. The standard InChI is InChI=1S/C26H30BrN5O4/c1-4-36-25(34)16-32(2)12-7-5-6-11-24(33)31-22-14-20-21(15-23(22)35-3)28-17-29-26(20)30-19-10-8-9-18(27)13-19/h6,8-11,13-15,17H,4-5,7,12,16H2,1-3H3,(H,31,33)(H,28,29,30)/b11-6+. The van der Waals surface area contributed by atoms with Gasteiger partial charge in [-0.25, -0.2) is 9.97 Å². The number of amides is 1. The van der Waals surface area contributed by atoms with Gasteiger partial charge in [0.15, 0.2) is 0 Å². The zero-order chi connectivity index (χ0) is 25.9. The van der Waals surface area contributed by atoms with E-state index in [-0.39, 0.29) is 18.4 Å². The molecule has 9 nitrogen and oxygen atoms in total. The van der Waals surface area contributed by atoms with Crippen molar-refractivity contribution in [3.63, 3.8) is 0 Å². The number of methoxy groups -OCH3 is 1. The van der Waals surface area contributed by atoms with Gasteiger partial charge in [0.25, 0.3) is 0 Å². The Labute approximate surface area is 219 Å². The lowest BCUT2D eigenvalue weighted by molar-refractivity contribution is -0.144. The van der Waals surface area contributed by atoms with Gasteiger partial charge >= 0.3 is 5.97 Å². The van der Waals surface area contributed by atoms with Crippen LogP contribution in [-0.4, -0.2) is 60.6 Å². The minimum atomic E-state index is -0.272. The van der Waals surface area contributed by atoms with Crippen LogP contribution in [-0.2, 0) is 14.3 Å². The first-order chi connectivity index (χ1) is 17.4. The van der Waals surface area contributed by atoms with Crippen molar-refractivity contribution in [1.29, 1.82) is 0 Å². The van der Waals surface area contributed by atoms with Crippen LogP contribution in [0.2, 0.25) is 0 Å². The van der Waals surface area contributed by atoms with Crippen molar-refractivity contribution in [3.8, 4) is 5.75 Å². The normalized spacial score (nSPS) is 11.1. The van der Waals surface area contributed by atoms with E-state index in [9.17, 15) is 9.59 Å². The largest absolute Gasteiger partial charge is 0.494 e. The summed E-state index contributed by atoms with van der Waals surface area (Å²) in [6.07, 6.45) is 6.29. The van der Waals surface area contributed by atoms with Crippen LogP contribution >= 0.6 is 15.9 Å². The number of ether oxygens (including phenoxy) is 2. The Morgan fingerprint density at radius 1 is 1.19 bits per heavy atom. The van der Waals surface area contributed by atoms with Crippen molar-refractivity contribution in [2.45, 2.75) is 19.8 Å². The third-order valence-corrected chi connectivity index (χ3v) is 5.68. The van der Waals surface area contributed by atoms with Crippen molar-refractivity contribution in [2.24, 2.45) is 0 Å². The molecule has 2 N–H and O–H groups in total. The van der Waals surface area contributed by atoms with E-state index in [1.54, 1.807) is 26.2 Å². The van der Waals surface area contributed by atoms with Gasteiger partial charge in [-0.3, -0.25) is 14.5 Å². The van der Waals surface area contributed by atoms with E-state index in [1.807, 2.05) is 42.3 Å². The highest BCUT2D eigenvalue weighted by Crippen LogP contribution is 2.33. The van der Waals surface area contributed by atoms with Crippen molar-refractivity contribution < 1.29 is 19.1 Å². The van der Waals surface area contributed by atoms with Gasteiger partial charge in [-0.1, -0.05) is 28.1 Å². The first-order valence-corrected chi connectivity index (χ1v) is 12.4. The van der Waals surface area contributed by atoms with Gasteiger partial charge in [0, 0.05) is 21.6 Å². The smallest absolute Gasteiger partial charge is 0.320 e. The molecule has 190 valence electrons. The number of carbonyl (C=O) groups excluding carboxylic acids is 2. The molecule has 0 saturated heterocycles. The maximum absolute atomic E-state index is 12.6. The average molecular weight is 556 g/mol. The highest BCUT2D eigenvalue weighted by atomic mass is 79.9. The number of esters is 1. The quantitative estimate of drug-likeness (QED) is 0.184. The second-order valence-corrected chi connectivity index (χ2v) is 8.92. The number of likely N-dealkylation sites (N-methyl/N-ethyl adjacent to an activating group) is 1. The maximum Gasteiger partial charge on any atom is 0.320 e. The molecule has 10 heteroatoms. The molecule has 0 aliphatic carbocycles. The van der Waals surface area contributed by atoms with Crippen LogP contribution in [0.5, 0.6) is 5.75 Å². The van der Waals surface area contributed by atoms with E-state index in [0.717, 1.165) is 28.5 Å². The predicted octanol–water partition coefficient (Wildman–Crippen LogP) is 4.91. The number of fused-ring (bicyclic) bond motifs is 1. The molecule has 0 spiro atoms. The Kier molecular flexibility index (Phi) is 10.2. The van der Waals surface area contributed by atoms with Crippen LogP contribution < -0.4 is 15.4 Å². The summed E-state index contributed by atoms with van der Waals surface area (Å²) in [5, 5.41) is 6.92. The van der Waals surface area contributed by atoms with Crippen LogP contribution in [0, 0.1) is 0 Å². The van der Waals surface area contributed by atoms with Crippen LogP contribution in [0.3, 0.4) is 0 Å². The Balaban J connectivity index is 1.64. The molecule has 0 aliphatic heterocycles. The van der Waals surface area contributed by atoms with Crippen molar-refractivity contribution in [2.75, 3.05) is 44.5 Å². The van der Waals surface area contributed by atoms with Crippen LogP contribution in [0.25, 0.3) is 10.9 Å². The van der Waals surface area contributed by atoms with Gasteiger partial charge in [0.1, 0.15) is 17.9 Å². The summed E-state index contributed by atoms with van der Waals surface area (Å²) in [5.74, 6) is 0.598. The molecule has 0 radical (unpaired) electrons. The lowest BCUT2D eigenvalue weighted by Gasteiger charge is -2.14. The van der Waals surface area contributed by atoms with Crippen molar-refractivity contribution >= 4 is 55.9 Å². The van der Waals surface area contributed by atoms with Crippen molar-refractivity contribution in [1.82, 2.24) is 14.9 Å². The Bertz CT molecular complexity index is 1230. The number of allylic oxidation sites excluding steroid dienone is 1. The number of halogens is 1. The second kappa shape index (κ2) is 13.6. The minimum absolute atomic E-state index is 0.236. The molecule has 0 bridgehead atoms. The third kappa shape index (κ3) is 8.03. The summed E-state index contributed by atoms with van der Waals surface area (Å²) in [6, 6.07) is 11.3. The first-order valence-electron chi connectivity index (χ1n) is 11.6. The van der Waals surface area contributed by atoms with Crippen LogP contribution in [0.15, 0.2) is 59.4 Å². The van der Waals surface area contributed by atoms with Crippen molar-refractivity contribution in [3.05, 3.63) is 59.4 Å². The molecule has 36 heavy (non-hydrogen) atoms. The molecule has 1 heterocycles. The molecule has 3 aromatic rings. The van der Waals surface area contributed by atoms with Gasteiger partial charge < -0.3 is 20.1 Å². The predicted molar refractivity (Wildman–Crippen MR) is 145 cm³/mol. The molecule has 1 amide bonds. The molecular weight excluding hydrogens is 526 g/mol. The molecule has 1 aromatic heterocycles. The van der Waals surface area contributed by atoms with E-state index in [1.165, 1.54) is 12.4 Å². The average Bonchev–Trinajstić information content (AvgIpc) is 2.84. The number of carbonyl (C=O) groups is 2. The molecule has 0 aliphatic rings. The summed E-state index contributed by atoms with van der Waals surface area (Å²) in [5.41, 5.74) is 2.06. The molecular formula is C26H30BrN5O4.